The average molecular weight is 248 g/mol. The SMILES string of the molecule is CCNc1cncc(NCCCN2CCCC2)c1. The molecule has 0 unspecified atom stereocenters. The molecule has 0 bridgehead atoms. The molecular weight excluding hydrogens is 224 g/mol. The van der Waals surface area contributed by atoms with Crippen molar-refractivity contribution in [1.29, 1.82) is 0 Å². The molecule has 1 aliphatic rings. The van der Waals surface area contributed by atoms with Crippen molar-refractivity contribution in [2.75, 3.05) is 43.4 Å². The molecule has 2 rings (SSSR count). The van der Waals surface area contributed by atoms with E-state index in [1.54, 1.807) is 0 Å². The summed E-state index contributed by atoms with van der Waals surface area (Å²) in [6.45, 7) is 7.84. The summed E-state index contributed by atoms with van der Waals surface area (Å²) in [5, 5.41) is 6.71. The number of pyridine rings is 1. The van der Waals surface area contributed by atoms with Crippen LogP contribution in [0.25, 0.3) is 0 Å². The fourth-order valence-corrected chi connectivity index (χ4v) is 2.38. The van der Waals surface area contributed by atoms with Crippen molar-refractivity contribution >= 4 is 11.4 Å². The zero-order valence-corrected chi connectivity index (χ0v) is 11.3. The number of likely N-dealkylation sites (tertiary alicyclic amines) is 1. The maximum absolute atomic E-state index is 4.22. The zero-order valence-electron chi connectivity index (χ0n) is 11.3. The molecule has 2 N–H and O–H groups in total. The van der Waals surface area contributed by atoms with Gasteiger partial charge in [0.05, 0.1) is 23.8 Å². The van der Waals surface area contributed by atoms with E-state index in [0.717, 1.165) is 24.5 Å². The Balaban J connectivity index is 1.67. The Morgan fingerprint density at radius 1 is 1.17 bits per heavy atom. The quantitative estimate of drug-likeness (QED) is 0.727. The molecule has 4 heteroatoms. The number of anilines is 2. The number of rotatable bonds is 7. The lowest BCUT2D eigenvalue weighted by molar-refractivity contribution is 0.337. The normalized spacial score (nSPS) is 15.8. The lowest BCUT2D eigenvalue weighted by Crippen LogP contribution is -2.22. The largest absolute Gasteiger partial charge is 0.384 e. The smallest absolute Gasteiger partial charge is 0.0547 e. The molecule has 0 amide bonds. The minimum absolute atomic E-state index is 0.931. The van der Waals surface area contributed by atoms with Gasteiger partial charge in [0.15, 0.2) is 0 Å². The van der Waals surface area contributed by atoms with E-state index in [2.05, 4.69) is 33.5 Å². The summed E-state index contributed by atoms with van der Waals surface area (Å²) in [7, 11) is 0. The lowest BCUT2D eigenvalue weighted by Gasteiger charge is -2.14. The van der Waals surface area contributed by atoms with Crippen molar-refractivity contribution in [3.05, 3.63) is 18.5 Å². The van der Waals surface area contributed by atoms with Crippen LogP contribution in [0.15, 0.2) is 18.5 Å². The fourth-order valence-electron chi connectivity index (χ4n) is 2.38. The first kappa shape index (κ1) is 13.1. The second-order valence-corrected chi connectivity index (χ2v) is 4.82. The highest BCUT2D eigenvalue weighted by atomic mass is 15.1. The molecule has 1 aromatic rings. The van der Waals surface area contributed by atoms with Gasteiger partial charge in [-0.2, -0.15) is 0 Å². The molecule has 1 saturated heterocycles. The molecule has 1 fully saturated rings. The van der Waals surface area contributed by atoms with Crippen LogP contribution in [-0.2, 0) is 0 Å². The van der Waals surface area contributed by atoms with Gasteiger partial charge in [-0.15, -0.1) is 0 Å². The highest BCUT2D eigenvalue weighted by molar-refractivity contribution is 5.53. The molecule has 0 spiro atoms. The van der Waals surface area contributed by atoms with Gasteiger partial charge in [-0.1, -0.05) is 0 Å². The molecule has 0 atom stereocenters. The van der Waals surface area contributed by atoms with Gasteiger partial charge in [-0.3, -0.25) is 4.98 Å². The van der Waals surface area contributed by atoms with Gasteiger partial charge in [0, 0.05) is 13.1 Å². The molecule has 1 aromatic heterocycles. The maximum Gasteiger partial charge on any atom is 0.0547 e. The number of hydrogen-bond acceptors (Lipinski definition) is 4. The molecule has 4 nitrogen and oxygen atoms in total. The van der Waals surface area contributed by atoms with Crippen LogP contribution in [0.2, 0.25) is 0 Å². The second kappa shape index (κ2) is 7.21. The van der Waals surface area contributed by atoms with Crippen molar-refractivity contribution in [3.8, 4) is 0 Å². The van der Waals surface area contributed by atoms with Gasteiger partial charge in [0.1, 0.15) is 0 Å². The van der Waals surface area contributed by atoms with Crippen LogP contribution in [0, 0.1) is 0 Å². The minimum atomic E-state index is 0.931. The third kappa shape index (κ3) is 4.18. The summed E-state index contributed by atoms with van der Waals surface area (Å²) in [5.74, 6) is 0. The van der Waals surface area contributed by atoms with E-state index in [0.29, 0.717) is 0 Å². The van der Waals surface area contributed by atoms with Crippen LogP contribution in [0.5, 0.6) is 0 Å². The van der Waals surface area contributed by atoms with Crippen LogP contribution < -0.4 is 10.6 Å². The maximum atomic E-state index is 4.22. The predicted octanol–water partition coefficient (Wildman–Crippen LogP) is 2.41. The minimum Gasteiger partial charge on any atom is -0.384 e. The molecule has 0 radical (unpaired) electrons. The van der Waals surface area contributed by atoms with Crippen molar-refractivity contribution in [3.63, 3.8) is 0 Å². The Labute approximate surface area is 110 Å². The molecule has 0 aliphatic carbocycles. The average Bonchev–Trinajstić information content (AvgIpc) is 2.89. The first-order chi connectivity index (χ1) is 8.88. The summed E-state index contributed by atoms with van der Waals surface area (Å²) in [5.41, 5.74) is 2.19. The van der Waals surface area contributed by atoms with E-state index < -0.39 is 0 Å². The highest BCUT2D eigenvalue weighted by Gasteiger charge is 2.09. The standard InChI is InChI=1S/C14H24N4/c1-2-16-13-10-14(12-15-11-13)17-6-5-9-18-7-3-4-8-18/h10-12,16-17H,2-9H2,1H3. The molecule has 0 aromatic carbocycles. The fraction of sp³-hybridized carbons (Fsp3) is 0.643. The molecule has 18 heavy (non-hydrogen) atoms. The summed E-state index contributed by atoms with van der Waals surface area (Å²) in [4.78, 5) is 6.77. The Kier molecular flexibility index (Phi) is 5.27. The summed E-state index contributed by atoms with van der Waals surface area (Å²) < 4.78 is 0. The monoisotopic (exact) mass is 248 g/mol. The van der Waals surface area contributed by atoms with E-state index in [1.807, 2.05) is 12.4 Å². The van der Waals surface area contributed by atoms with Gasteiger partial charge in [-0.05, 0) is 51.9 Å². The van der Waals surface area contributed by atoms with Crippen LogP contribution in [0.4, 0.5) is 11.4 Å². The Bertz CT molecular complexity index is 347. The van der Waals surface area contributed by atoms with E-state index in [9.17, 15) is 0 Å². The van der Waals surface area contributed by atoms with Crippen molar-refractivity contribution < 1.29 is 0 Å². The van der Waals surface area contributed by atoms with E-state index in [1.165, 1.54) is 38.9 Å². The van der Waals surface area contributed by atoms with Crippen LogP contribution >= 0.6 is 0 Å². The third-order valence-electron chi connectivity index (χ3n) is 3.30. The summed E-state index contributed by atoms with van der Waals surface area (Å²) in [6, 6.07) is 2.12. The number of nitrogens with zero attached hydrogens (tertiary/aromatic N) is 2. The second-order valence-electron chi connectivity index (χ2n) is 4.82. The van der Waals surface area contributed by atoms with Crippen LogP contribution in [-0.4, -0.2) is 42.6 Å². The number of hydrogen-bond donors (Lipinski definition) is 2. The number of nitrogens with one attached hydrogen (secondary N) is 2. The summed E-state index contributed by atoms with van der Waals surface area (Å²) in [6.07, 6.45) is 7.70. The molecule has 2 heterocycles. The Hall–Kier alpha value is -1.29. The highest BCUT2D eigenvalue weighted by Crippen LogP contribution is 2.13. The Morgan fingerprint density at radius 2 is 1.89 bits per heavy atom. The van der Waals surface area contributed by atoms with Gasteiger partial charge in [0.2, 0.25) is 0 Å². The van der Waals surface area contributed by atoms with Crippen molar-refractivity contribution in [2.24, 2.45) is 0 Å². The first-order valence-corrected chi connectivity index (χ1v) is 7.03. The summed E-state index contributed by atoms with van der Waals surface area (Å²) >= 11 is 0. The molecule has 0 saturated carbocycles. The molecular formula is C14H24N4. The first-order valence-electron chi connectivity index (χ1n) is 7.03. The van der Waals surface area contributed by atoms with Crippen molar-refractivity contribution in [2.45, 2.75) is 26.2 Å². The zero-order chi connectivity index (χ0) is 12.6. The predicted molar refractivity (Wildman–Crippen MR) is 77.2 cm³/mol. The topological polar surface area (TPSA) is 40.2 Å². The van der Waals surface area contributed by atoms with Gasteiger partial charge in [-0.25, -0.2) is 0 Å². The van der Waals surface area contributed by atoms with E-state index in [-0.39, 0.29) is 0 Å². The Morgan fingerprint density at radius 3 is 2.61 bits per heavy atom. The van der Waals surface area contributed by atoms with Crippen molar-refractivity contribution in [1.82, 2.24) is 9.88 Å². The van der Waals surface area contributed by atoms with Gasteiger partial charge < -0.3 is 15.5 Å². The van der Waals surface area contributed by atoms with Crippen LogP contribution in [0.3, 0.4) is 0 Å². The van der Waals surface area contributed by atoms with Crippen LogP contribution in [0.1, 0.15) is 26.2 Å². The van der Waals surface area contributed by atoms with E-state index in [4.69, 9.17) is 0 Å². The third-order valence-corrected chi connectivity index (χ3v) is 3.30. The molecule has 1 aliphatic heterocycles. The van der Waals surface area contributed by atoms with Gasteiger partial charge in [0.25, 0.3) is 0 Å². The molecule has 100 valence electrons. The number of aromatic nitrogens is 1. The van der Waals surface area contributed by atoms with Gasteiger partial charge >= 0.3 is 0 Å². The van der Waals surface area contributed by atoms with E-state index >= 15 is 0 Å². The lowest BCUT2D eigenvalue weighted by atomic mass is 10.3.